The van der Waals surface area contributed by atoms with E-state index >= 15 is 0 Å². The molecule has 0 aromatic carbocycles. The Morgan fingerprint density at radius 2 is 2.32 bits per heavy atom. The van der Waals surface area contributed by atoms with Gasteiger partial charge in [0.15, 0.2) is 5.96 Å². The van der Waals surface area contributed by atoms with Crippen LogP contribution in [0.25, 0.3) is 0 Å². The minimum absolute atomic E-state index is 0.401. The second-order valence-electron chi connectivity index (χ2n) is 5.88. The number of nitrogens with zero attached hydrogens (tertiary/aromatic N) is 3. The van der Waals surface area contributed by atoms with Crippen LogP contribution in [0.15, 0.2) is 29.4 Å². The van der Waals surface area contributed by atoms with Crippen molar-refractivity contribution in [2.24, 2.45) is 10.4 Å². The van der Waals surface area contributed by atoms with Gasteiger partial charge in [-0.2, -0.15) is 0 Å². The molecule has 0 radical (unpaired) electrons. The molecule has 0 atom stereocenters. The zero-order valence-electron chi connectivity index (χ0n) is 12.2. The Kier molecular flexibility index (Phi) is 4.40. The number of pyridine rings is 1. The third-order valence-electron chi connectivity index (χ3n) is 3.58. The Bertz CT molecular complexity index is 425. The standard InChI is InChI=1S/C15H24N4/c1-15(2)8-11-19(12-15)14(16-3)18-10-7-13-6-4-5-9-17-13/h4-6,9H,7-8,10-12H2,1-3H3,(H,16,18). The van der Waals surface area contributed by atoms with Crippen molar-refractivity contribution < 1.29 is 0 Å². The SMILES string of the molecule is CN=C(NCCc1ccccn1)N1CCC(C)(C)C1. The summed E-state index contributed by atoms with van der Waals surface area (Å²) < 4.78 is 0. The lowest BCUT2D eigenvalue weighted by molar-refractivity contribution is 0.370. The van der Waals surface area contributed by atoms with Gasteiger partial charge in [-0.15, -0.1) is 0 Å². The Hall–Kier alpha value is -1.58. The lowest BCUT2D eigenvalue weighted by Gasteiger charge is -2.23. The van der Waals surface area contributed by atoms with Gasteiger partial charge in [0.2, 0.25) is 0 Å². The minimum atomic E-state index is 0.401. The maximum atomic E-state index is 4.38. The molecule has 0 saturated carbocycles. The zero-order chi connectivity index (χ0) is 13.7. The summed E-state index contributed by atoms with van der Waals surface area (Å²) >= 11 is 0. The van der Waals surface area contributed by atoms with Gasteiger partial charge in [0.25, 0.3) is 0 Å². The van der Waals surface area contributed by atoms with Crippen molar-refractivity contribution in [1.29, 1.82) is 0 Å². The molecule has 0 unspecified atom stereocenters. The molecule has 1 N–H and O–H groups in total. The largest absolute Gasteiger partial charge is 0.356 e. The summed E-state index contributed by atoms with van der Waals surface area (Å²) in [4.78, 5) is 11.1. The highest BCUT2D eigenvalue weighted by molar-refractivity contribution is 5.80. The molecule has 1 aromatic heterocycles. The first-order chi connectivity index (χ1) is 9.11. The van der Waals surface area contributed by atoms with Crippen LogP contribution < -0.4 is 5.32 Å². The number of rotatable bonds is 3. The highest BCUT2D eigenvalue weighted by atomic mass is 15.3. The van der Waals surface area contributed by atoms with Gasteiger partial charge in [-0.1, -0.05) is 19.9 Å². The summed E-state index contributed by atoms with van der Waals surface area (Å²) in [6.45, 7) is 7.68. The Morgan fingerprint density at radius 1 is 1.47 bits per heavy atom. The van der Waals surface area contributed by atoms with Gasteiger partial charge >= 0.3 is 0 Å². The predicted molar refractivity (Wildman–Crippen MR) is 79.3 cm³/mol. The molecular weight excluding hydrogens is 236 g/mol. The van der Waals surface area contributed by atoms with E-state index in [2.05, 4.69) is 40.1 Å². The van der Waals surface area contributed by atoms with E-state index in [-0.39, 0.29) is 0 Å². The fourth-order valence-electron chi connectivity index (χ4n) is 2.47. The smallest absolute Gasteiger partial charge is 0.193 e. The third-order valence-corrected chi connectivity index (χ3v) is 3.58. The Morgan fingerprint density at radius 3 is 2.89 bits per heavy atom. The van der Waals surface area contributed by atoms with Crippen LogP contribution in [0.4, 0.5) is 0 Å². The van der Waals surface area contributed by atoms with Gasteiger partial charge < -0.3 is 10.2 Å². The molecule has 0 bridgehead atoms. The number of aromatic nitrogens is 1. The van der Waals surface area contributed by atoms with E-state index in [1.807, 2.05) is 25.4 Å². The lowest BCUT2D eigenvalue weighted by atomic mass is 9.93. The van der Waals surface area contributed by atoms with E-state index in [1.165, 1.54) is 6.42 Å². The second-order valence-corrected chi connectivity index (χ2v) is 5.88. The highest BCUT2D eigenvalue weighted by Gasteiger charge is 2.30. The molecular formula is C15H24N4. The van der Waals surface area contributed by atoms with Crippen molar-refractivity contribution >= 4 is 5.96 Å². The first kappa shape index (κ1) is 13.8. The van der Waals surface area contributed by atoms with Crippen molar-refractivity contribution in [1.82, 2.24) is 15.2 Å². The van der Waals surface area contributed by atoms with Crippen LogP contribution in [0.1, 0.15) is 26.0 Å². The molecule has 1 aliphatic rings. The molecule has 1 fully saturated rings. The van der Waals surface area contributed by atoms with Crippen LogP contribution in [-0.4, -0.2) is 42.5 Å². The van der Waals surface area contributed by atoms with Gasteiger partial charge in [0, 0.05) is 45.0 Å². The van der Waals surface area contributed by atoms with Crippen molar-refractivity contribution in [2.45, 2.75) is 26.7 Å². The van der Waals surface area contributed by atoms with Crippen molar-refractivity contribution in [3.8, 4) is 0 Å². The molecule has 0 amide bonds. The number of hydrogen-bond acceptors (Lipinski definition) is 2. The maximum Gasteiger partial charge on any atom is 0.193 e. The van der Waals surface area contributed by atoms with Crippen LogP contribution in [0.2, 0.25) is 0 Å². The molecule has 0 aliphatic carbocycles. The predicted octanol–water partition coefficient (Wildman–Crippen LogP) is 1.93. The fraction of sp³-hybridized carbons (Fsp3) is 0.600. The average Bonchev–Trinajstić information content (AvgIpc) is 2.76. The molecule has 4 nitrogen and oxygen atoms in total. The molecule has 19 heavy (non-hydrogen) atoms. The van der Waals surface area contributed by atoms with Gasteiger partial charge in [0.1, 0.15) is 0 Å². The van der Waals surface area contributed by atoms with E-state index in [9.17, 15) is 0 Å². The van der Waals surface area contributed by atoms with E-state index < -0.39 is 0 Å². The van der Waals surface area contributed by atoms with Crippen LogP contribution in [0, 0.1) is 5.41 Å². The summed E-state index contributed by atoms with van der Waals surface area (Å²) in [7, 11) is 1.86. The van der Waals surface area contributed by atoms with E-state index in [4.69, 9.17) is 0 Å². The van der Waals surface area contributed by atoms with Gasteiger partial charge in [-0.25, -0.2) is 0 Å². The highest BCUT2D eigenvalue weighted by Crippen LogP contribution is 2.28. The van der Waals surface area contributed by atoms with Crippen molar-refractivity contribution in [2.75, 3.05) is 26.7 Å². The average molecular weight is 260 g/mol. The molecule has 2 rings (SSSR count). The Labute approximate surface area is 115 Å². The van der Waals surface area contributed by atoms with Gasteiger partial charge in [-0.3, -0.25) is 9.98 Å². The first-order valence-corrected chi connectivity index (χ1v) is 6.96. The molecule has 104 valence electrons. The summed E-state index contributed by atoms with van der Waals surface area (Å²) in [5.74, 6) is 1.02. The zero-order valence-corrected chi connectivity index (χ0v) is 12.2. The minimum Gasteiger partial charge on any atom is -0.356 e. The quantitative estimate of drug-likeness (QED) is 0.667. The van der Waals surface area contributed by atoms with Gasteiger partial charge in [-0.05, 0) is 24.0 Å². The van der Waals surface area contributed by atoms with Crippen LogP contribution in [0.3, 0.4) is 0 Å². The number of aliphatic imine (C=N–C) groups is 1. The lowest BCUT2D eigenvalue weighted by Crippen LogP contribution is -2.41. The molecule has 2 heterocycles. The number of hydrogen-bond donors (Lipinski definition) is 1. The van der Waals surface area contributed by atoms with Gasteiger partial charge in [0.05, 0.1) is 0 Å². The summed E-state index contributed by atoms with van der Waals surface area (Å²) in [6, 6.07) is 6.03. The first-order valence-electron chi connectivity index (χ1n) is 6.96. The van der Waals surface area contributed by atoms with Crippen LogP contribution >= 0.6 is 0 Å². The molecule has 0 spiro atoms. The van der Waals surface area contributed by atoms with Crippen LogP contribution in [-0.2, 0) is 6.42 Å². The second kappa shape index (κ2) is 6.04. The van der Waals surface area contributed by atoms with Crippen molar-refractivity contribution in [3.05, 3.63) is 30.1 Å². The molecule has 1 saturated heterocycles. The van der Waals surface area contributed by atoms with Crippen LogP contribution in [0.5, 0.6) is 0 Å². The summed E-state index contributed by atoms with van der Waals surface area (Å²) in [5, 5.41) is 3.43. The molecule has 1 aliphatic heterocycles. The van der Waals surface area contributed by atoms with E-state index in [1.54, 1.807) is 0 Å². The van der Waals surface area contributed by atoms with Crippen molar-refractivity contribution in [3.63, 3.8) is 0 Å². The Balaban J connectivity index is 1.81. The monoisotopic (exact) mass is 260 g/mol. The fourth-order valence-corrected chi connectivity index (χ4v) is 2.47. The third kappa shape index (κ3) is 3.94. The maximum absolute atomic E-state index is 4.38. The number of likely N-dealkylation sites (tertiary alicyclic amines) is 1. The molecule has 1 aromatic rings. The van der Waals surface area contributed by atoms with E-state index in [0.29, 0.717) is 5.41 Å². The number of nitrogens with one attached hydrogen (secondary N) is 1. The summed E-state index contributed by atoms with van der Waals surface area (Å²) in [6.07, 6.45) is 4.00. The topological polar surface area (TPSA) is 40.5 Å². The summed E-state index contributed by atoms with van der Waals surface area (Å²) in [5.41, 5.74) is 1.52. The number of guanidine groups is 1. The molecule has 4 heteroatoms. The van der Waals surface area contributed by atoms with E-state index in [0.717, 1.165) is 37.7 Å². The normalized spacial score (nSPS) is 18.7.